The summed E-state index contributed by atoms with van der Waals surface area (Å²) in [6, 6.07) is 0. The lowest BCUT2D eigenvalue weighted by Gasteiger charge is -2.05. The van der Waals surface area contributed by atoms with Crippen molar-refractivity contribution in [3.05, 3.63) is 11.5 Å². The van der Waals surface area contributed by atoms with Crippen LogP contribution < -0.4 is 0 Å². The molecule has 0 N–H and O–H groups in total. The van der Waals surface area contributed by atoms with Crippen LogP contribution in [0.2, 0.25) is 0 Å². The van der Waals surface area contributed by atoms with Crippen molar-refractivity contribution in [1.82, 2.24) is 9.55 Å². The maximum absolute atomic E-state index is 11.4. The molecule has 0 spiro atoms. The van der Waals surface area contributed by atoms with Gasteiger partial charge >= 0.3 is 0 Å². The minimum atomic E-state index is -3.68. The predicted octanol–water partition coefficient (Wildman–Crippen LogP) is 1.85. The molecule has 1 aliphatic rings. The fourth-order valence-electron chi connectivity index (χ4n) is 2.07. The van der Waals surface area contributed by atoms with E-state index in [1.54, 1.807) is 11.5 Å². The molecule has 2 heterocycles. The molecule has 1 aromatic rings. The summed E-state index contributed by atoms with van der Waals surface area (Å²) in [6.45, 7) is 2.40. The van der Waals surface area contributed by atoms with Gasteiger partial charge in [0.2, 0.25) is 0 Å². The number of nitrogens with zero attached hydrogens (tertiary/aromatic N) is 2. The van der Waals surface area contributed by atoms with Gasteiger partial charge in [-0.3, -0.25) is 0 Å². The van der Waals surface area contributed by atoms with E-state index < -0.39 is 9.05 Å². The Hall–Kier alpha value is -0.550. The quantitative estimate of drug-likeness (QED) is 0.713. The third-order valence-corrected chi connectivity index (χ3v) is 4.09. The van der Waals surface area contributed by atoms with E-state index in [4.69, 9.17) is 10.7 Å². The summed E-state index contributed by atoms with van der Waals surface area (Å²) in [6.07, 6.45) is 4.01. The van der Waals surface area contributed by atoms with Crippen molar-refractivity contribution >= 4 is 19.7 Å². The summed E-state index contributed by atoms with van der Waals surface area (Å²) in [4.78, 5) is 4.28. The van der Waals surface area contributed by atoms with E-state index in [0.29, 0.717) is 12.2 Å². The lowest BCUT2D eigenvalue weighted by molar-refractivity contribution is 0.566. The fourth-order valence-corrected chi connectivity index (χ4v) is 3.52. The number of halogens is 1. The van der Waals surface area contributed by atoms with Crippen LogP contribution in [0.4, 0.5) is 0 Å². The molecule has 0 amide bonds. The van der Waals surface area contributed by atoms with E-state index in [-0.39, 0.29) is 5.03 Å². The topological polar surface area (TPSA) is 52.0 Å². The summed E-state index contributed by atoms with van der Waals surface area (Å²) in [5.74, 6) is 0.851. The van der Waals surface area contributed by atoms with Gasteiger partial charge < -0.3 is 4.57 Å². The van der Waals surface area contributed by atoms with Crippen LogP contribution in [0, 0.1) is 6.92 Å². The highest BCUT2D eigenvalue weighted by molar-refractivity contribution is 8.13. The van der Waals surface area contributed by atoms with E-state index in [2.05, 4.69) is 4.98 Å². The Morgan fingerprint density at radius 3 is 2.73 bits per heavy atom. The smallest absolute Gasteiger partial charge is 0.278 e. The van der Waals surface area contributed by atoms with Crippen molar-refractivity contribution in [2.24, 2.45) is 0 Å². The molecular weight excluding hydrogens is 236 g/mol. The van der Waals surface area contributed by atoms with E-state index in [1.165, 1.54) is 0 Å². The Morgan fingerprint density at radius 2 is 2.07 bits per heavy atom. The van der Waals surface area contributed by atoms with Gasteiger partial charge in [0.25, 0.3) is 9.05 Å². The van der Waals surface area contributed by atoms with Crippen molar-refractivity contribution in [3.63, 3.8) is 0 Å². The zero-order valence-electron chi connectivity index (χ0n) is 8.53. The van der Waals surface area contributed by atoms with Crippen LogP contribution in [0.5, 0.6) is 0 Å². The molecule has 0 atom stereocenters. The van der Waals surface area contributed by atoms with Crippen LogP contribution in [0.1, 0.15) is 30.8 Å². The monoisotopic (exact) mass is 248 g/mol. The van der Waals surface area contributed by atoms with E-state index in [0.717, 1.165) is 31.5 Å². The molecule has 6 heteroatoms. The first-order chi connectivity index (χ1) is 7.00. The number of aromatic nitrogens is 2. The fraction of sp³-hybridized carbons (Fsp3) is 0.667. The number of aryl methyl sites for hydroxylation is 2. The van der Waals surface area contributed by atoms with Crippen molar-refractivity contribution in [1.29, 1.82) is 0 Å². The van der Waals surface area contributed by atoms with Gasteiger partial charge in [0.05, 0.1) is 5.69 Å². The van der Waals surface area contributed by atoms with Crippen molar-refractivity contribution in [2.75, 3.05) is 0 Å². The maximum atomic E-state index is 11.4. The normalized spacial score (nSPS) is 17.2. The average molecular weight is 249 g/mol. The number of rotatable bonds is 1. The highest BCUT2D eigenvalue weighted by Gasteiger charge is 2.24. The lowest BCUT2D eigenvalue weighted by Crippen LogP contribution is -2.07. The van der Waals surface area contributed by atoms with Gasteiger partial charge in [-0.2, -0.15) is 0 Å². The predicted molar refractivity (Wildman–Crippen MR) is 57.6 cm³/mol. The molecule has 0 radical (unpaired) electrons. The SMILES string of the molecule is Cc1nc2n(c1S(=O)(=O)Cl)CCCCC2. The minimum Gasteiger partial charge on any atom is -0.318 e. The van der Waals surface area contributed by atoms with E-state index in [9.17, 15) is 8.42 Å². The molecule has 0 saturated carbocycles. The molecule has 0 unspecified atom stereocenters. The largest absolute Gasteiger partial charge is 0.318 e. The van der Waals surface area contributed by atoms with Gasteiger partial charge in [0.15, 0.2) is 5.03 Å². The molecule has 15 heavy (non-hydrogen) atoms. The highest BCUT2D eigenvalue weighted by atomic mass is 35.7. The lowest BCUT2D eigenvalue weighted by atomic mass is 10.2. The van der Waals surface area contributed by atoms with Crippen LogP contribution in [-0.4, -0.2) is 18.0 Å². The molecule has 1 aromatic heterocycles. The van der Waals surface area contributed by atoms with Crippen molar-refractivity contribution in [3.8, 4) is 0 Å². The average Bonchev–Trinajstić information content (AvgIpc) is 2.30. The minimum absolute atomic E-state index is 0.182. The van der Waals surface area contributed by atoms with Crippen LogP contribution in [0.25, 0.3) is 0 Å². The van der Waals surface area contributed by atoms with Gasteiger partial charge in [-0.15, -0.1) is 0 Å². The molecule has 0 saturated heterocycles. The third kappa shape index (κ3) is 2.03. The molecular formula is C9H13ClN2O2S. The number of hydrogen-bond donors (Lipinski definition) is 0. The van der Waals surface area contributed by atoms with Gasteiger partial charge in [-0.05, 0) is 19.8 Å². The molecule has 0 fully saturated rings. The first-order valence-electron chi connectivity index (χ1n) is 5.01. The second-order valence-electron chi connectivity index (χ2n) is 3.82. The van der Waals surface area contributed by atoms with Crippen molar-refractivity contribution < 1.29 is 8.42 Å². The maximum Gasteiger partial charge on any atom is 0.278 e. The molecule has 0 aromatic carbocycles. The number of hydrogen-bond acceptors (Lipinski definition) is 3. The molecule has 0 bridgehead atoms. The summed E-state index contributed by atoms with van der Waals surface area (Å²) >= 11 is 0. The second kappa shape index (κ2) is 3.79. The molecule has 2 rings (SSSR count). The summed E-state index contributed by atoms with van der Waals surface area (Å²) in [5.41, 5.74) is 0.516. The van der Waals surface area contributed by atoms with Gasteiger partial charge in [0.1, 0.15) is 5.82 Å². The Kier molecular flexibility index (Phi) is 2.77. The Labute approximate surface area is 93.7 Å². The molecule has 0 aliphatic carbocycles. The van der Waals surface area contributed by atoms with E-state index >= 15 is 0 Å². The van der Waals surface area contributed by atoms with E-state index in [1.807, 2.05) is 0 Å². The Morgan fingerprint density at radius 1 is 1.33 bits per heavy atom. The zero-order valence-corrected chi connectivity index (χ0v) is 10.1. The third-order valence-electron chi connectivity index (χ3n) is 2.68. The molecule has 84 valence electrons. The van der Waals surface area contributed by atoms with Crippen LogP contribution >= 0.6 is 10.7 Å². The standard InChI is InChI=1S/C9H13ClN2O2S/c1-7-9(15(10,13)14)12-6-4-2-3-5-8(12)11-7/h2-6H2,1H3. The van der Waals surface area contributed by atoms with Gasteiger partial charge in [-0.1, -0.05) is 6.42 Å². The van der Waals surface area contributed by atoms with Gasteiger partial charge in [0, 0.05) is 23.6 Å². The summed E-state index contributed by atoms with van der Waals surface area (Å²) in [5, 5.41) is 0.182. The molecule has 1 aliphatic heterocycles. The Bertz CT molecular complexity index is 479. The molecule has 4 nitrogen and oxygen atoms in total. The van der Waals surface area contributed by atoms with Crippen LogP contribution in [-0.2, 0) is 22.0 Å². The van der Waals surface area contributed by atoms with Crippen LogP contribution in [0.15, 0.2) is 5.03 Å². The number of imidazole rings is 1. The summed E-state index contributed by atoms with van der Waals surface area (Å²) in [7, 11) is 1.73. The second-order valence-corrected chi connectivity index (χ2v) is 6.30. The van der Waals surface area contributed by atoms with Crippen molar-refractivity contribution in [2.45, 2.75) is 44.2 Å². The van der Waals surface area contributed by atoms with Crippen LogP contribution in [0.3, 0.4) is 0 Å². The highest BCUT2D eigenvalue weighted by Crippen LogP contribution is 2.25. The Balaban J connectivity index is 2.60. The number of fused-ring (bicyclic) bond motifs is 1. The first-order valence-corrected chi connectivity index (χ1v) is 7.32. The zero-order chi connectivity index (χ0) is 11.1. The first kappa shape index (κ1) is 11.0. The van der Waals surface area contributed by atoms with Gasteiger partial charge in [-0.25, -0.2) is 13.4 Å². The summed E-state index contributed by atoms with van der Waals surface area (Å²) < 4.78 is 24.6.